The summed E-state index contributed by atoms with van der Waals surface area (Å²) >= 11 is 1.80. The number of nitrogens with one attached hydrogen (secondary N) is 1. The third-order valence-electron chi connectivity index (χ3n) is 2.76. The van der Waals surface area contributed by atoms with E-state index in [1.165, 1.54) is 0 Å². The molecular formula is C11H20N2O4S. The molecule has 104 valence electrons. The van der Waals surface area contributed by atoms with Gasteiger partial charge >= 0.3 is 12.0 Å². The lowest BCUT2D eigenvalue weighted by Gasteiger charge is -2.37. The zero-order valence-electron chi connectivity index (χ0n) is 10.9. The molecule has 1 aliphatic rings. The van der Waals surface area contributed by atoms with E-state index >= 15 is 0 Å². The number of hydrogen-bond acceptors (Lipinski definition) is 4. The van der Waals surface area contributed by atoms with Gasteiger partial charge in [0.25, 0.3) is 0 Å². The SMILES string of the molecule is CC1(C)CN(C(=O)NCC(C)(O)C(=O)O)CCS1. The smallest absolute Gasteiger partial charge is 0.337 e. The first-order chi connectivity index (χ1) is 8.14. The van der Waals surface area contributed by atoms with Crippen LogP contribution in [0.2, 0.25) is 0 Å². The first kappa shape index (κ1) is 15.1. The molecular weight excluding hydrogens is 256 g/mol. The minimum absolute atomic E-state index is 0.00487. The Labute approximate surface area is 111 Å². The van der Waals surface area contributed by atoms with Gasteiger partial charge in [0.15, 0.2) is 5.60 Å². The van der Waals surface area contributed by atoms with E-state index in [2.05, 4.69) is 19.2 Å². The molecule has 1 atom stereocenters. The molecule has 0 radical (unpaired) electrons. The predicted molar refractivity (Wildman–Crippen MR) is 69.8 cm³/mol. The van der Waals surface area contributed by atoms with Crippen molar-refractivity contribution in [2.24, 2.45) is 0 Å². The van der Waals surface area contributed by atoms with Gasteiger partial charge in [-0.1, -0.05) is 0 Å². The van der Waals surface area contributed by atoms with E-state index in [4.69, 9.17) is 5.11 Å². The van der Waals surface area contributed by atoms with Gasteiger partial charge in [-0.05, 0) is 20.8 Å². The molecule has 0 spiro atoms. The monoisotopic (exact) mass is 276 g/mol. The van der Waals surface area contributed by atoms with Gasteiger partial charge in [-0.3, -0.25) is 0 Å². The first-order valence-electron chi connectivity index (χ1n) is 5.76. The van der Waals surface area contributed by atoms with Crippen molar-refractivity contribution >= 4 is 23.8 Å². The average molecular weight is 276 g/mol. The number of carbonyl (C=O) groups is 2. The molecule has 0 aromatic rings. The van der Waals surface area contributed by atoms with Crippen LogP contribution in [0.4, 0.5) is 4.79 Å². The van der Waals surface area contributed by atoms with Gasteiger partial charge < -0.3 is 20.4 Å². The number of carbonyl (C=O) groups excluding carboxylic acids is 1. The molecule has 0 aromatic carbocycles. The number of thioether (sulfide) groups is 1. The summed E-state index contributed by atoms with van der Waals surface area (Å²) in [6.07, 6.45) is 0. The fourth-order valence-corrected chi connectivity index (χ4v) is 2.74. The second-order valence-electron chi connectivity index (χ2n) is 5.27. The fourth-order valence-electron chi connectivity index (χ4n) is 1.62. The van der Waals surface area contributed by atoms with E-state index in [0.717, 1.165) is 12.7 Å². The van der Waals surface area contributed by atoms with Crippen LogP contribution in [0.1, 0.15) is 20.8 Å². The minimum atomic E-state index is -1.93. The summed E-state index contributed by atoms with van der Waals surface area (Å²) in [5.74, 6) is -0.493. The molecule has 0 bridgehead atoms. The maximum atomic E-state index is 11.9. The van der Waals surface area contributed by atoms with Gasteiger partial charge in [-0.25, -0.2) is 9.59 Å². The normalized spacial score (nSPS) is 22.1. The molecule has 7 heteroatoms. The number of aliphatic hydroxyl groups is 1. The number of rotatable bonds is 3. The van der Waals surface area contributed by atoms with Crippen LogP contribution in [-0.2, 0) is 4.79 Å². The Bertz CT molecular complexity index is 344. The van der Waals surface area contributed by atoms with Gasteiger partial charge in [0.05, 0.1) is 6.54 Å². The molecule has 1 rings (SSSR count). The molecule has 1 aliphatic heterocycles. The minimum Gasteiger partial charge on any atom is -0.479 e. The van der Waals surface area contributed by atoms with E-state index in [0.29, 0.717) is 13.1 Å². The van der Waals surface area contributed by atoms with Crippen molar-refractivity contribution in [2.75, 3.05) is 25.4 Å². The number of urea groups is 1. The topological polar surface area (TPSA) is 89.9 Å². The van der Waals surface area contributed by atoms with Crippen molar-refractivity contribution in [1.82, 2.24) is 10.2 Å². The molecule has 1 heterocycles. The van der Waals surface area contributed by atoms with E-state index in [1.807, 2.05) is 0 Å². The number of aliphatic carboxylic acids is 1. The molecule has 0 saturated carbocycles. The highest BCUT2D eigenvalue weighted by Gasteiger charge is 2.33. The van der Waals surface area contributed by atoms with E-state index in [-0.39, 0.29) is 17.3 Å². The highest BCUT2D eigenvalue weighted by atomic mass is 32.2. The zero-order chi connectivity index (χ0) is 14.0. The number of hydrogen-bond donors (Lipinski definition) is 3. The Morgan fingerprint density at radius 3 is 2.61 bits per heavy atom. The molecule has 2 amide bonds. The maximum absolute atomic E-state index is 11.9. The van der Waals surface area contributed by atoms with Crippen molar-refractivity contribution in [1.29, 1.82) is 0 Å². The Morgan fingerprint density at radius 2 is 2.11 bits per heavy atom. The molecule has 1 fully saturated rings. The van der Waals surface area contributed by atoms with Crippen LogP contribution in [0, 0.1) is 0 Å². The first-order valence-corrected chi connectivity index (χ1v) is 6.75. The summed E-state index contributed by atoms with van der Waals surface area (Å²) in [5.41, 5.74) is -1.93. The Hall–Kier alpha value is -0.950. The largest absolute Gasteiger partial charge is 0.479 e. The highest BCUT2D eigenvalue weighted by molar-refractivity contribution is 8.00. The van der Waals surface area contributed by atoms with Gasteiger partial charge in [-0.2, -0.15) is 11.8 Å². The molecule has 3 N–H and O–H groups in total. The van der Waals surface area contributed by atoms with Crippen LogP contribution in [0.25, 0.3) is 0 Å². The van der Waals surface area contributed by atoms with Crippen LogP contribution in [0.15, 0.2) is 0 Å². The number of nitrogens with zero attached hydrogens (tertiary/aromatic N) is 1. The molecule has 1 saturated heterocycles. The van der Waals surface area contributed by atoms with E-state index in [1.54, 1.807) is 16.7 Å². The van der Waals surface area contributed by atoms with E-state index < -0.39 is 11.6 Å². The van der Waals surface area contributed by atoms with Crippen molar-refractivity contribution in [2.45, 2.75) is 31.1 Å². The zero-order valence-corrected chi connectivity index (χ0v) is 11.7. The summed E-state index contributed by atoms with van der Waals surface area (Å²) in [7, 11) is 0. The van der Waals surface area contributed by atoms with Crippen molar-refractivity contribution < 1.29 is 19.8 Å². The molecule has 18 heavy (non-hydrogen) atoms. The lowest BCUT2D eigenvalue weighted by atomic mass is 10.1. The predicted octanol–water partition coefficient (Wildman–Crippen LogP) is 0.359. The third-order valence-corrected chi connectivity index (χ3v) is 4.05. The summed E-state index contributed by atoms with van der Waals surface area (Å²) in [5, 5.41) is 20.7. The molecule has 0 aromatic heterocycles. The summed E-state index contributed by atoms with van der Waals surface area (Å²) in [6, 6.07) is -0.329. The van der Waals surface area contributed by atoms with Crippen molar-refractivity contribution in [3.05, 3.63) is 0 Å². The second kappa shape index (κ2) is 5.36. The molecule has 0 aliphatic carbocycles. The summed E-state index contributed by atoms with van der Waals surface area (Å²) in [4.78, 5) is 24.2. The van der Waals surface area contributed by atoms with Crippen LogP contribution >= 0.6 is 11.8 Å². The van der Waals surface area contributed by atoms with Crippen LogP contribution < -0.4 is 5.32 Å². The van der Waals surface area contributed by atoms with Gasteiger partial charge in [0.2, 0.25) is 0 Å². The Kier molecular flexibility index (Phi) is 4.50. The van der Waals surface area contributed by atoms with Crippen LogP contribution in [0.3, 0.4) is 0 Å². The summed E-state index contributed by atoms with van der Waals surface area (Å²) in [6.45, 7) is 6.22. The highest BCUT2D eigenvalue weighted by Crippen LogP contribution is 2.29. The fraction of sp³-hybridized carbons (Fsp3) is 0.818. The lowest BCUT2D eigenvalue weighted by Crippen LogP contribution is -2.54. The number of amides is 2. The number of carboxylic acid groups (broad SMARTS) is 1. The second-order valence-corrected chi connectivity index (χ2v) is 7.07. The summed E-state index contributed by atoms with van der Waals surface area (Å²) < 4.78 is 0.00487. The van der Waals surface area contributed by atoms with Gasteiger partial charge in [0, 0.05) is 23.6 Å². The standard InChI is InChI=1S/C11H20N2O4S/c1-10(2)7-13(4-5-18-10)9(16)12-6-11(3,17)8(14)15/h17H,4-7H2,1-3H3,(H,12,16)(H,14,15). The van der Waals surface area contributed by atoms with Gasteiger partial charge in [0.1, 0.15) is 0 Å². The van der Waals surface area contributed by atoms with Crippen molar-refractivity contribution in [3.63, 3.8) is 0 Å². The molecule has 6 nitrogen and oxygen atoms in total. The third kappa shape index (κ3) is 4.06. The Morgan fingerprint density at radius 1 is 1.50 bits per heavy atom. The lowest BCUT2D eigenvalue weighted by molar-refractivity contribution is -0.155. The maximum Gasteiger partial charge on any atom is 0.337 e. The number of carboxylic acids is 1. The van der Waals surface area contributed by atoms with Crippen LogP contribution in [-0.4, -0.2) is 62.8 Å². The molecule has 1 unspecified atom stereocenters. The average Bonchev–Trinajstić information content (AvgIpc) is 2.24. The van der Waals surface area contributed by atoms with Crippen LogP contribution in [0.5, 0.6) is 0 Å². The van der Waals surface area contributed by atoms with E-state index in [9.17, 15) is 14.7 Å². The van der Waals surface area contributed by atoms with Crippen molar-refractivity contribution in [3.8, 4) is 0 Å². The van der Waals surface area contributed by atoms with Gasteiger partial charge in [-0.15, -0.1) is 0 Å². The quantitative estimate of drug-likeness (QED) is 0.692. The Balaban J connectivity index is 2.49.